The van der Waals surface area contributed by atoms with E-state index in [1.165, 1.54) is 0 Å². The fourth-order valence-corrected chi connectivity index (χ4v) is 1.15. The van der Waals surface area contributed by atoms with E-state index in [0.717, 1.165) is 5.69 Å². The molecular weight excluding hydrogens is 343 g/mol. The van der Waals surface area contributed by atoms with Crippen molar-refractivity contribution in [1.82, 2.24) is 0 Å². The average molecular weight is 353 g/mol. The van der Waals surface area contributed by atoms with Gasteiger partial charge >= 0.3 is 21.1 Å². The minimum atomic E-state index is 0. The van der Waals surface area contributed by atoms with Crippen LogP contribution in [0, 0.1) is 6.07 Å². The summed E-state index contributed by atoms with van der Waals surface area (Å²) < 4.78 is 0. The molecule has 1 aromatic carbocycles. The first-order valence-corrected chi connectivity index (χ1v) is 4.01. The van der Waals surface area contributed by atoms with Gasteiger partial charge in [0.25, 0.3) is 0 Å². The maximum atomic E-state index is 4.35. The van der Waals surface area contributed by atoms with Crippen molar-refractivity contribution < 1.29 is 21.1 Å². The van der Waals surface area contributed by atoms with E-state index in [-0.39, 0.29) is 21.1 Å². The van der Waals surface area contributed by atoms with E-state index >= 15 is 0 Å². The topological polar surface area (TPSA) is 17.3 Å². The van der Waals surface area contributed by atoms with E-state index in [0.29, 0.717) is 6.04 Å². The molecule has 0 N–H and O–H groups in total. The number of anilines is 1. The normalized spacial score (nSPS) is 20.1. The largest absolute Gasteiger partial charge is 2.00 e. The van der Waals surface area contributed by atoms with Crippen molar-refractivity contribution in [2.75, 3.05) is 5.01 Å². The van der Waals surface area contributed by atoms with Gasteiger partial charge in [-0.1, -0.05) is 18.7 Å². The van der Waals surface area contributed by atoms with E-state index in [1.807, 2.05) is 35.5 Å². The summed E-state index contributed by atoms with van der Waals surface area (Å²) in [4.78, 5) is 0. The maximum absolute atomic E-state index is 4.35. The summed E-state index contributed by atoms with van der Waals surface area (Å²) in [5, 5.41) is 1.85. The first-order valence-electron chi connectivity index (χ1n) is 4.01. The molecule has 1 aromatic rings. The van der Waals surface area contributed by atoms with E-state index in [1.54, 1.807) is 0 Å². The van der Waals surface area contributed by atoms with E-state index < -0.39 is 0 Å². The zero-order valence-electron chi connectivity index (χ0n) is 7.25. The van der Waals surface area contributed by atoms with E-state index in [9.17, 15) is 0 Å². The molecule has 1 aliphatic heterocycles. The molecule has 70 valence electrons. The molecule has 3 heteroatoms. The zero-order chi connectivity index (χ0) is 8.39. The van der Waals surface area contributed by atoms with E-state index in [2.05, 4.69) is 24.5 Å². The van der Waals surface area contributed by atoms with Gasteiger partial charge in [-0.15, -0.1) is 12.1 Å². The Balaban J connectivity index is 0.000000845. The van der Waals surface area contributed by atoms with Crippen molar-refractivity contribution in [2.24, 2.45) is 0 Å². The Morgan fingerprint density at radius 3 is 2.85 bits per heavy atom. The quantitative estimate of drug-likeness (QED) is 0.710. The van der Waals surface area contributed by atoms with Crippen LogP contribution in [0.15, 0.2) is 36.5 Å². The fraction of sp³-hybridized carbons (Fsp3) is 0.200. The number of hydrogen-bond acceptors (Lipinski definition) is 1. The van der Waals surface area contributed by atoms with E-state index in [4.69, 9.17) is 0 Å². The monoisotopic (exact) mass is 353 g/mol. The number of para-hydroxylation sites is 1. The molecule has 0 amide bonds. The summed E-state index contributed by atoms with van der Waals surface area (Å²) >= 11 is 0. The average Bonchev–Trinajstić information content (AvgIpc) is 2.54. The SMILES string of the molecule is CC1C=CN(c2[c-]cccc2)[N-]1.[Pt+2]. The summed E-state index contributed by atoms with van der Waals surface area (Å²) in [5.41, 5.74) is 5.35. The molecule has 0 spiro atoms. The van der Waals surface area contributed by atoms with Crippen molar-refractivity contribution in [1.29, 1.82) is 0 Å². The predicted molar refractivity (Wildman–Crippen MR) is 49.7 cm³/mol. The number of nitrogens with zero attached hydrogens (tertiary/aromatic N) is 2. The second-order valence-corrected chi connectivity index (χ2v) is 2.79. The first-order chi connectivity index (χ1) is 5.86. The van der Waals surface area contributed by atoms with Crippen molar-refractivity contribution >= 4 is 5.69 Å². The predicted octanol–water partition coefficient (Wildman–Crippen LogP) is 2.50. The van der Waals surface area contributed by atoms with Gasteiger partial charge in [0.05, 0.1) is 0 Å². The summed E-state index contributed by atoms with van der Waals surface area (Å²) in [6.45, 7) is 2.06. The first kappa shape index (κ1) is 10.5. The summed E-state index contributed by atoms with van der Waals surface area (Å²) in [6.07, 6.45) is 4.03. The molecule has 13 heavy (non-hydrogen) atoms. The van der Waals surface area contributed by atoms with Gasteiger partial charge in [0.1, 0.15) is 0 Å². The van der Waals surface area contributed by atoms with Crippen LogP contribution in [-0.4, -0.2) is 6.04 Å². The van der Waals surface area contributed by atoms with Gasteiger partial charge < -0.3 is 10.4 Å². The van der Waals surface area contributed by atoms with Crippen LogP contribution in [0.25, 0.3) is 5.43 Å². The van der Waals surface area contributed by atoms with Gasteiger partial charge in [-0.3, -0.25) is 0 Å². The molecule has 1 heterocycles. The Morgan fingerprint density at radius 1 is 1.46 bits per heavy atom. The summed E-state index contributed by atoms with van der Waals surface area (Å²) in [6, 6.07) is 11.2. The fourth-order valence-electron chi connectivity index (χ4n) is 1.15. The van der Waals surface area contributed by atoms with Gasteiger partial charge in [-0.2, -0.15) is 24.3 Å². The van der Waals surface area contributed by atoms with Gasteiger partial charge in [0.2, 0.25) is 0 Å². The molecule has 0 bridgehead atoms. The smallest absolute Gasteiger partial charge is 0.559 e. The van der Waals surface area contributed by atoms with Gasteiger partial charge in [0.15, 0.2) is 0 Å². The standard InChI is InChI=1S/C10H10N2.Pt/c1-9-7-8-12(11-9)10-5-3-2-4-6-10;/h2-5,7-9H,1H3;/q-2;+2. The van der Waals surface area contributed by atoms with Crippen molar-refractivity contribution in [3.8, 4) is 0 Å². The van der Waals surface area contributed by atoms with Crippen LogP contribution in [0.3, 0.4) is 0 Å². The minimum Gasteiger partial charge on any atom is -0.559 e. The molecule has 1 aliphatic rings. The van der Waals surface area contributed by atoms with Crippen LogP contribution in [-0.2, 0) is 21.1 Å². The number of rotatable bonds is 1. The molecule has 0 saturated heterocycles. The van der Waals surface area contributed by atoms with Crippen molar-refractivity contribution in [3.63, 3.8) is 0 Å². The van der Waals surface area contributed by atoms with Crippen LogP contribution in [0.4, 0.5) is 5.69 Å². The molecule has 0 radical (unpaired) electrons. The Hall–Kier alpha value is -0.592. The minimum absolute atomic E-state index is 0. The van der Waals surface area contributed by atoms with Gasteiger partial charge in [-0.05, 0) is 6.20 Å². The van der Waals surface area contributed by atoms with Gasteiger partial charge in [-0.25, -0.2) is 0 Å². The Morgan fingerprint density at radius 2 is 2.31 bits per heavy atom. The van der Waals surface area contributed by atoms with Gasteiger partial charge in [0, 0.05) is 0 Å². The third-order valence-electron chi connectivity index (χ3n) is 1.75. The Labute approximate surface area is 92.9 Å². The maximum Gasteiger partial charge on any atom is 2.00 e. The summed E-state index contributed by atoms with van der Waals surface area (Å²) in [5.74, 6) is 0. The van der Waals surface area contributed by atoms with Crippen LogP contribution in [0.2, 0.25) is 0 Å². The molecule has 0 aromatic heterocycles. The van der Waals surface area contributed by atoms with Crippen LogP contribution < -0.4 is 5.01 Å². The number of benzene rings is 1. The molecule has 1 unspecified atom stereocenters. The molecular formula is C10H10N2Pt. The number of hydrogen-bond donors (Lipinski definition) is 0. The van der Waals surface area contributed by atoms with Crippen LogP contribution in [0.5, 0.6) is 0 Å². The third kappa shape index (κ3) is 2.42. The molecule has 0 saturated carbocycles. The van der Waals surface area contributed by atoms with Crippen molar-refractivity contribution in [3.05, 3.63) is 48.0 Å². The third-order valence-corrected chi connectivity index (χ3v) is 1.75. The Bertz CT molecular complexity index is 284. The molecule has 1 atom stereocenters. The Kier molecular flexibility index (Phi) is 3.70. The second-order valence-electron chi connectivity index (χ2n) is 2.79. The van der Waals surface area contributed by atoms with Crippen LogP contribution in [0.1, 0.15) is 6.92 Å². The molecule has 2 nitrogen and oxygen atoms in total. The second kappa shape index (κ2) is 4.59. The van der Waals surface area contributed by atoms with Crippen molar-refractivity contribution in [2.45, 2.75) is 13.0 Å². The molecule has 0 aliphatic carbocycles. The molecule has 0 fully saturated rings. The summed E-state index contributed by atoms with van der Waals surface area (Å²) in [7, 11) is 0. The molecule has 2 rings (SSSR count). The zero-order valence-corrected chi connectivity index (χ0v) is 9.52. The van der Waals surface area contributed by atoms with Crippen LogP contribution >= 0.6 is 0 Å².